The van der Waals surface area contributed by atoms with Gasteiger partial charge in [0.1, 0.15) is 6.10 Å². The van der Waals surface area contributed by atoms with Crippen LogP contribution in [0.3, 0.4) is 0 Å². The van der Waals surface area contributed by atoms with Gasteiger partial charge < -0.3 is 4.74 Å². The van der Waals surface area contributed by atoms with Gasteiger partial charge in [-0.3, -0.25) is 4.79 Å². The van der Waals surface area contributed by atoms with E-state index >= 15 is 0 Å². The largest absolute Gasteiger partial charge is 0.459 e. The van der Waals surface area contributed by atoms with Gasteiger partial charge in [0.05, 0.1) is 0 Å². The Morgan fingerprint density at radius 1 is 1.36 bits per heavy atom. The molecule has 1 atom stereocenters. The van der Waals surface area contributed by atoms with Crippen LogP contribution in [-0.2, 0) is 9.53 Å². The molecule has 0 bridgehead atoms. The van der Waals surface area contributed by atoms with Crippen LogP contribution in [0.15, 0.2) is 24.3 Å². The van der Waals surface area contributed by atoms with Crippen molar-refractivity contribution in [3.8, 4) is 0 Å². The Kier molecular flexibility index (Phi) is 7.90. The minimum absolute atomic E-state index is 0.103. The molecule has 0 N–H and O–H groups in total. The van der Waals surface area contributed by atoms with Crippen molar-refractivity contribution in [2.24, 2.45) is 0 Å². The third-order valence-corrected chi connectivity index (χ3v) is 1.74. The summed E-state index contributed by atoms with van der Waals surface area (Å²) in [4.78, 5) is 10.6. The van der Waals surface area contributed by atoms with Crippen molar-refractivity contribution in [3.05, 3.63) is 24.3 Å². The zero-order chi connectivity index (χ0) is 10.8. The minimum atomic E-state index is -0.226. The van der Waals surface area contributed by atoms with E-state index in [2.05, 4.69) is 18.2 Å². The van der Waals surface area contributed by atoms with Gasteiger partial charge in [0.2, 0.25) is 0 Å². The van der Waals surface area contributed by atoms with Gasteiger partial charge in [-0.05, 0) is 39.2 Å². The Morgan fingerprint density at radius 3 is 2.57 bits per heavy atom. The van der Waals surface area contributed by atoms with Gasteiger partial charge in [-0.1, -0.05) is 18.2 Å². The van der Waals surface area contributed by atoms with Crippen molar-refractivity contribution < 1.29 is 9.53 Å². The molecule has 0 rings (SSSR count). The van der Waals surface area contributed by atoms with Gasteiger partial charge in [0, 0.05) is 6.92 Å². The molecule has 2 nitrogen and oxygen atoms in total. The second-order valence-electron chi connectivity index (χ2n) is 3.24. The standard InChI is InChI=1S/C12H20O2/c1-4-5-6-7-8-9-10-11(2)14-12(3)13/h4-5,9-11H,6-8H2,1-3H3/b5-4+,10-9+. The van der Waals surface area contributed by atoms with Gasteiger partial charge in [-0.25, -0.2) is 0 Å². The Bertz CT molecular complexity index is 204. The smallest absolute Gasteiger partial charge is 0.303 e. The van der Waals surface area contributed by atoms with Crippen LogP contribution in [0, 0.1) is 0 Å². The average molecular weight is 196 g/mol. The molecule has 0 aliphatic rings. The third-order valence-electron chi connectivity index (χ3n) is 1.74. The van der Waals surface area contributed by atoms with Gasteiger partial charge in [0.25, 0.3) is 0 Å². The molecule has 0 heterocycles. The van der Waals surface area contributed by atoms with Crippen LogP contribution in [-0.4, -0.2) is 12.1 Å². The first kappa shape index (κ1) is 12.9. The summed E-state index contributed by atoms with van der Waals surface area (Å²) >= 11 is 0. The molecule has 0 aromatic heterocycles. The molecule has 0 saturated carbocycles. The van der Waals surface area contributed by atoms with Crippen molar-refractivity contribution in [2.75, 3.05) is 0 Å². The Hall–Kier alpha value is -1.05. The first-order chi connectivity index (χ1) is 6.66. The van der Waals surface area contributed by atoms with E-state index in [0.717, 1.165) is 19.3 Å². The lowest BCUT2D eigenvalue weighted by molar-refractivity contribution is -0.143. The van der Waals surface area contributed by atoms with Crippen LogP contribution in [0.25, 0.3) is 0 Å². The molecule has 14 heavy (non-hydrogen) atoms. The third kappa shape index (κ3) is 9.04. The van der Waals surface area contributed by atoms with E-state index in [1.165, 1.54) is 6.92 Å². The molecule has 0 aliphatic carbocycles. The second-order valence-corrected chi connectivity index (χ2v) is 3.24. The molecular weight excluding hydrogens is 176 g/mol. The highest BCUT2D eigenvalue weighted by atomic mass is 16.5. The van der Waals surface area contributed by atoms with E-state index in [1.807, 2.05) is 19.9 Å². The van der Waals surface area contributed by atoms with Gasteiger partial charge in [0.15, 0.2) is 0 Å². The quantitative estimate of drug-likeness (QED) is 0.370. The van der Waals surface area contributed by atoms with Crippen LogP contribution >= 0.6 is 0 Å². The maximum Gasteiger partial charge on any atom is 0.303 e. The van der Waals surface area contributed by atoms with Crippen molar-refractivity contribution in [1.29, 1.82) is 0 Å². The number of ether oxygens (including phenoxy) is 1. The molecular formula is C12H20O2. The van der Waals surface area contributed by atoms with Crippen LogP contribution in [0.1, 0.15) is 40.0 Å². The van der Waals surface area contributed by atoms with E-state index in [4.69, 9.17) is 4.74 Å². The van der Waals surface area contributed by atoms with E-state index in [1.54, 1.807) is 0 Å². The fourth-order valence-corrected chi connectivity index (χ4v) is 1.11. The van der Waals surface area contributed by atoms with Crippen molar-refractivity contribution in [3.63, 3.8) is 0 Å². The number of hydrogen-bond donors (Lipinski definition) is 0. The lowest BCUT2D eigenvalue weighted by Gasteiger charge is -2.05. The summed E-state index contributed by atoms with van der Waals surface area (Å²) in [6.45, 7) is 5.32. The molecule has 0 aromatic rings. The van der Waals surface area contributed by atoms with E-state index < -0.39 is 0 Å². The molecule has 0 aliphatic heterocycles. The molecule has 0 fully saturated rings. The molecule has 1 unspecified atom stereocenters. The molecule has 0 spiro atoms. The second kappa shape index (κ2) is 8.54. The zero-order valence-electron chi connectivity index (χ0n) is 9.32. The summed E-state index contributed by atoms with van der Waals surface area (Å²) in [5.74, 6) is -0.226. The van der Waals surface area contributed by atoms with Crippen molar-refractivity contribution >= 4 is 5.97 Å². The molecule has 0 radical (unpaired) electrons. The summed E-state index contributed by atoms with van der Waals surface area (Å²) < 4.78 is 4.94. The lowest BCUT2D eigenvalue weighted by Crippen LogP contribution is -2.08. The number of hydrogen-bond acceptors (Lipinski definition) is 2. The number of esters is 1. The van der Waals surface area contributed by atoms with E-state index in [9.17, 15) is 4.79 Å². The van der Waals surface area contributed by atoms with Gasteiger partial charge in [-0.15, -0.1) is 0 Å². The Morgan fingerprint density at radius 2 is 2.00 bits per heavy atom. The van der Waals surface area contributed by atoms with E-state index in [0.29, 0.717) is 0 Å². The van der Waals surface area contributed by atoms with Gasteiger partial charge >= 0.3 is 5.97 Å². The molecule has 2 heteroatoms. The Balaban J connectivity index is 3.46. The van der Waals surface area contributed by atoms with Crippen molar-refractivity contribution in [2.45, 2.75) is 46.1 Å². The SMILES string of the molecule is C/C=C/CCC/C=C/C(C)OC(C)=O. The predicted octanol–water partition coefficient (Wildman–Crippen LogP) is 3.24. The minimum Gasteiger partial charge on any atom is -0.459 e. The summed E-state index contributed by atoms with van der Waals surface area (Å²) in [7, 11) is 0. The first-order valence-corrected chi connectivity index (χ1v) is 5.12. The summed E-state index contributed by atoms with van der Waals surface area (Å²) in [5, 5.41) is 0. The van der Waals surface area contributed by atoms with E-state index in [-0.39, 0.29) is 12.1 Å². The molecule has 80 valence electrons. The average Bonchev–Trinajstić information content (AvgIpc) is 2.10. The summed E-state index contributed by atoms with van der Waals surface area (Å²) in [5.41, 5.74) is 0. The molecule has 0 saturated heterocycles. The fourth-order valence-electron chi connectivity index (χ4n) is 1.11. The topological polar surface area (TPSA) is 26.3 Å². The van der Waals surface area contributed by atoms with Crippen LogP contribution < -0.4 is 0 Å². The maximum absolute atomic E-state index is 10.6. The van der Waals surface area contributed by atoms with Crippen molar-refractivity contribution in [1.82, 2.24) is 0 Å². The normalized spacial score (nSPS) is 13.6. The van der Waals surface area contributed by atoms with Gasteiger partial charge in [-0.2, -0.15) is 0 Å². The highest BCUT2D eigenvalue weighted by Gasteiger charge is 1.98. The monoisotopic (exact) mass is 196 g/mol. The molecule has 0 aromatic carbocycles. The number of rotatable bonds is 6. The Labute approximate surface area is 86.6 Å². The summed E-state index contributed by atoms with van der Waals surface area (Å²) in [6, 6.07) is 0. The highest BCUT2D eigenvalue weighted by molar-refractivity contribution is 5.66. The number of unbranched alkanes of at least 4 members (excludes halogenated alkanes) is 2. The fraction of sp³-hybridized carbons (Fsp3) is 0.583. The van der Waals surface area contributed by atoms with Crippen LogP contribution in [0.5, 0.6) is 0 Å². The van der Waals surface area contributed by atoms with Crippen LogP contribution in [0.4, 0.5) is 0 Å². The number of carbonyl (C=O) groups is 1. The molecule has 0 amide bonds. The maximum atomic E-state index is 10.6. The number of carbonyl (C=O) groups excluding carboxylic acids is 1. The highest BCUT2D eigenvalue weighted by Crippen LogP contribution is 2.00. The lowest BCUT2D eigenvalue weighted by atomic mass is 10.2. The predicted molar refractivity (Wildman–Crippen MR) is 59.0 cm³/mol. The first-order valence-electron chi connectivity index (χ1n) is 5.12. The zero-order valence-corrected chi connectivity index (χ0v) is 9.32. The van der Waals surface area contributed by atoms with Crippen LogP contribution in [0.2, 0.25) is 0 Å². The summed E-state index contributed by atoms with van der Waals surface area (Å²) in [6.07, 6.45) is 11.4. The number of allylic oxidation sites excluding steroid dienone is 3.